The van der Waals surface area contributed by atoms with E-state index in [4.69, 9.17) is 15.2 Å². The van der Waals surface area contributed by atoms with Crippen LogP contribution in [0.1, 0.15) is 39.9 Å². The molecule has 2 aliphatic heterocycles. The van der Waals surface area contributed by atoms with Gasteiger partial charge >= 0.3 is 6.18 Å². The van der Waals surface area contributed by atoms with E-state index in [0.29, 0.717) is 16.3 Å². The van der Waals surface area contributed by atoms with Gasteiger partial charge < -0.3 is 15.2 Å². The molecule has 41 heavy (non-hydrogen) atoms. The van der Waals surface area contributed by atoms with Crippen LogP contribution in [0.5, 0.6) is 11.5 Å². The Hall–Kier alpha value is -3.83. The van der Waals surface area contributed by atoms with Crippen LogP contribution >= 0.6 is 11.8 Å². The largest absolute Gasteiger partial charge is 0.453 e. The standard InChI is InChI=1S/C30H23F5N2O3S/c1-15-18(12-19-20(30(33,34)35)8-5-9-21(19)31)29-37(22(13-41-29)26(36)16-6-3-2-4-7-16)28(38)24(15)17-10-11-23-27(25(17)32)40-14-39-23/h2-11,22,26H,12-14,36H2,1H3. The van der Waals surface area contributed by atoms with Gasteiger partial charge in [-0.25, -0.2) is 8.78 Å². The Morgan fingerprint density at radius 2 is 1.78 bits per heavy atom. The van der Waals surface area contributed by atoms with E-state index in [0.717, 1.165) is 23.8 Å². The van der Waals surface area contributed by atoms with Crippen LogP contribution < -0.4 is 20.8 Å². The maximum Gasteiger partial charge on any atom is 0.416 e. The van der Waals surface area contributed by atoms with Gasteiger partial charge in [-0.2, -0.15) is 13.2 Å². The van der Waals surface area contributed by atoms with Gasteiger partial charge in [0.15, 0.2) is 11.6 Å². The third-order valence-corrected chi connectivity index (χ3v) is 8.81. The SMILES string of the molecule is Cc1c(Cc2c(F)cccc2C(F)(F)F)c2n(c(=O)c1-c1ccc3c(c1F)OCO3)C(C(N)c1ccccc1)CS2. The minimum atomic E-state index is -4.81. The summed E-state index contributed by atoms with van der Waals surface area (Å²) in [5.74, 6) is -1.50. The summed E-state index contributed by atoms with van der Waals surface area (Å²) in [5.41, 5.74) is 5.55. The Morgan fingerprint density at radius 1 is 1.02 bits per heavy atom. The number of aromatic nitrogens is 1. The third kappa shape index (κ3) is 4.57. The van der Waals surface area contributed by atoms with Crippen LogP contribution in [0.15, 0.2) is 70.5 Å². The molecule has 0 radical (unpaired) electrons. The van der Waals surface area contributed by atoms with E-state index < -0.39 is 53.0 Å². The van der Waals surface area contributed by atoms with Crippen LogP contribution in [0.2, 0.25) is 0 Å². The molecule has 2 N–H and O–H groups in total. The topological polar surface area (TPSA) is 66.5 Å². The third-order valence-electron chi connectivity index (χ3n) is 7.58. The number of nitrogens with two attached hydrogens (primary N) is 1. The number of alkyl halides is 3. The molecule has 3 aromatic carbocycles. The highest BCUT2D eigenvalue weighted by Crippen LogP contribution is 2.46. The highest BCUT2D eigenvalue weighted by atomic mass is 32.2. The predicted octanol–water partition coefficient (Wildman–Crippen LogP) is 6.79. The minimum absolute atomic E-state index is 0.0581. The second kappa shape index (κ2) is 10.2. The van der Waals surface area contributed by atoms with Crippen LogP contribution in [0.3, 0.4) is 0 Å². The van der Waals surface area contributed by atoms with E-state index >= 15 is 8.78 Å². The average molecular weight is 587 g/mol. The molecular formula is C30H23F5N2O3S. The molecule has 6 rings (SSSR count). The van der Waals surface area contributed by atoms with E-state index in [-0.39, 0.29) is 35.0 Å². The number of ether oxygens (including phenoxy) is 2. The summed E-state index contributed by atoms with van der Waals surface area (Å²) in [7, 11) is 0. The van der Waals surface area contributed by atoms with Crippen molar-refractivity contribution in [1.29, 1.82) is 0 Å². The van der Waals surface area contributed by atoms with E-state index in [1.807, 2.05) is 30.3 Å². The second-order valence-electron chi connectivity index (χ2n) is 9.88. The Bertz CT molecular complexity index is 1720. The predicted molar refractivity (Wildman–Crippen MR) is 144 cm³/mol. The lowest BCUT2D eigenvalue weighted by Gasteiger charge is -2.25. The summed E-state index contributed by atoms with van der Waals surface area (Å²) >= 11 is 1.26. The molecule has 3 heterocycles. The fourth-order valence-electron chi connectivity index (χ4n) is 5.53. The van der Waals surface area contributed by atoms with Gasteiger partial charge in [-0.15, -0.1) is 11.8 Å². The molecule has 0 saturated heterocycles. The number of hydrogen-bond donors (Lipinski definition) is 1. The summed E-state index contributed by atoms with van der Waals surface area (Å²) in [6.07, 6.45) is -5.28. The first-order valence-electron chi connectivity index (χ1n) is 12.7. The summed E-state index contributed by atoms with van der Waals surface area (Å²) in [4.78, 5) is 14.2. The number of thioether (sulfide) groups is 1. The van der Waals surface area contributed by atoms with Crippen molar-refractivity contribution in [1.82, 2.24) is 4.57 Å². The molecule has 2 aliphatic rings. The van der Waals surface area contributed by atoms with E-state index in [1.54, 1.807) is 0 Å². The normalized spacial score (nSPS) is 16.6. The molecule has 0 bridgehead atoms. The molecule has 212 valence electrons. The van der Waals surface area contributed by atoms with Crippen LogP contribution in [0, 0.1) is 18.6 Å². The van der Waals surface area contributed by atoms with E-state index in [9.17, 15) is 18.0 Å². The van der Waals surface area contributed by atoms with Crippen LogP contribution in [-0.4, -0.2) is 17.1 Å². The van der Waals surface area contributed by atoms with Crippen molar-refractivity contribution < 1.29 is 31.4 Å². The number of fused-ring (bicyclic) bond motifs is 2. The van der Waals surface area contributed by atoms with E-state index in [1.165, 1.54) is 35.4 Å². The lowest BCUT2D eigenvalue weighted by molar-refractivity contribution is -0.138. The van der Waals surface area contributed by atoms with Crippen molar-refractivity contribution in [2.45, 2.75) is 36.6 Å². The quantitative estimate of drug-likeness (QED) is 0.261. The van der Waals surface area contributed by atoms with Crippen molar-refractivity contribution >= 4 is 11.8 Å². The fraction of sp³-hybridized carbons (Fsp3) is 0.233. The van der Waals surface area contributed by atoms with Crippen LogP contribution in [-0.2, 0) is 12.6 Å². The summed E-state index contributed by atoms with van der Waals surface area (Å²) in [5, 5.41) is 0.380. The number of hydrogen-bond acceptors (Lipinski definition) is 5. The van der Waals surface area contributed by atoms with E-state index in [2.05, 4.69) is 0 Å². The molecule has 4 aromatic rings. The molecule has 5 nitrogen and oxygen atoms in total. The summed E-state index contributed by atoms with van der Waals surface area (Å²) < 4.78 is 84.5. The molecule has 0 aliphatic carbocycles. The highest BCUT2D eigenvalue weighted by Gasteiger charge is 2.38. The van der Waals surface area contributed by atoms with Crippen LogP contribution in [0.25, 0.3) is 11.1 Å². The number of halogens is 5. The fourth-order valence-corrected chi connectivity index (χ4v) is 6.97. The zero-order valence-electron chi connectivity index (χ0n) is 21.6. The summed E-state index contributed by atoms with van der Waals surface area (Å²) in [6.45, 7) is 1.34. The Morgan fingerprint density at radius 3 is 2.51 bits per heavy atom. The van der Waals surface area contributed by atoms with Gasteiger partial charge in [0.2, 0.25) is 12.5 Å². The smallest absolute Gasteiger partial charge is 0.416 e. The van der Waals surface area contributed by atoms with Crippen molar-refractivity contribution in [2.24, 2.45) is 5.73 Å². The maximum atomic E-state index is 15.7. The first kappa shape index (κ1) is 27.3. The lowest BCUT2D eigenvalue weighted by atomic mass is 9.91. The van der Waals surface area contributed by atoms with Gasteiger partial charge in [-0.05, 0) is 47.9 Å². The Labute approximate surface area is 235 Å². The molecule has 2 atom stereocenters. The second-order valence-corrected chi connectivity index (χ2v) is 10.9. The van der Waals surface area contributed by atoms with Crippen LogP contribution in [0.4, 0.5) is 22.0 Å². The van der Waals surface area contributed by atoms with Crippen molar-refractivity contribution in [3.05, 3.63) is 110 Å². The molecule has 0 fully saturated rings. The number of nitrogens with zero attached hydrogens (tertiary/aromatic N) is 1. The van der Waals surface area contributed by atoms with Gasteiger partial charge in [0.1, 0.15) is 5.82 Å². The van der Waals surface area contributed by atoms with Gasteiger partial charge in [0, 0.05) is 23.3 Å². The monoisotopic (exact) mass is 586 g/mol. The molecule has 11 heteroatoms. The van der Waals surface area contributed by atoms with Gasteiger partial charge in [0.05, 0.1) is 28.2 Å². The van der Waals surface area contributed by atoms with Crippen molar-refractivity contribution in [3.8, 4) is 22.6 Å². The number of rotatable bonds is 5. The summed E-state index contributed by atoms with van der Waals surface area (Å²) in [6, 6.07) is 13.5. The zero-order valence-corrected chi connectivity index (χ0v) is 22.4. The first-order chi connectivity index (χ1) is 19.6. The molecular weight excluding hydrogens is 563 g/mol. The number of benzene rings is 3. The highest BCUT2D eigenvalue weighted by molar-refractivity contribution is 7.99. The van der Waals surface area contributed by atoms with Crippen molar-refractivity contribution in [2.75, 3.05) is 12.5 Å². The molecule has 2 unspecified atom stereocenters. The maximum absolute atomic E-state index is 15.7. The molecule has 0 spiro atoms. The van der Waals surface area contributed by atoms with Gasteiger partial charge in [-0.1, -0.05) is 36.4 Å². The molecule has 1 aromatic heterocycles. The molecule has 0 saturated carbocycles. The molecule has 0 amide bonds. The minimum Gasteiger partial charge on any atom is -0.453 e. The lowest BCUT2D eigenvalue weighted by Crippen LogP contribution is -2.33. The Kier molecular flexibility index (Phi) is 6.82. The average Bonchev–Trinajstić information content (AvgIpc) is 3.61. The Balaban J connectivity index is 1.60. The first-order valence-corrected chi connectivity index (χ1v) is 13.7. The van der Waals surface area contributed by atoms with Gasteiger partial charge in [0.25, 0.3) is 5.56 Å². The zero-order chi connectivity index (χ0) is 29.1. The number of pyridine rings is 1. The van der Waals surface area contributed by atoms with Crippen molar-refractivity contribution in [3.63, 3.8) is 0 Å². The van der Waals surface area contributed by atoms with Gasteiger partial charge in [-0.3, -0.25) is 9.36 Å².